The molecule has 3 aromatic rings. The Bertz CT molecular complexity index is 968. The van der Waals surface area contributed by atoms with E-state index in [9.17, 15) is 9.59 Å². The van der Waals surface area contributed by atoms with E-state index in [1.165, 1.54) is 11.7 Å². The number of ether oxygens (including phenoxy) is 1. The Hall–Kier alpha value is -3.28. The molecule has 2 aromatic carbocycles. The summed E-state index contributed by atoms with van der Waals surface area (Å²) in [5.74, 6) is 0.0809. The van der Waals surface area contributed by atoms with Gasteiger partial charge in [0.1, 0.15) is 0 Å². The first-order chi connectivity index (χ1) is 11.2. The third kappa shape index (κ3) is 1.81. The number of imide groups is 1. The van der Waals surface area contributed by atoms with Crippen LogP contribution >= 0.6 is 0 Å². The van der Waals surface area contributed by atoms with Crippen LogP contribution < -0.4 is 19.2 Å². The highest BCUT2D eigenvalue weighted by molar-refractivity contribution is 6.22. The smallest absolute Gasteiger partial charge is 0.492 e. The van der Waals surface area contributed by atoms with E-state index in [2.05, 4.69) is 4.98 Å². The summed E-state index contributed by atoms with van der Waals surface area (Å²) in [6.45, 7) is 0. The first-order valence-electron chi connectivity index (χ1n) is 7.09. The Morgan fingerprint density at radius 2 is 1.78 bits per heavy atom. The van der Waals surface area contributed by atoms with Crippen molar-refractivity contribution in [3.63, 3.8) is 0 Å². The molecule has 112 valence electrons. The Morgan fingerprint density at radius 3 is 2.61 bits per heavy atom. The molecule has 0 saturated heterocycles. The summed E-state index contributed by atoms with van der Waals surface area (Å²) in [6.07, 6.45) is 1.55. The van der Waals surface area contributed by atoms with Crippen molar-refractivity contribution < 1.29 is 23.9 Å². The third-order valence-electron chi connectivity index (χ3n) is 3.88. The van der Waals surface area contributed by atoms with Crippen molar-refractivity contribution in [1.29, 1.82) is 0 Å². The normalized spacial score (nSPS) is 13.5. The van der Waals surface area contributed by atoms with Gasteiger partial charge in [-0.05, 0) is 18.2 Å². The zero-order chi connectivity index (χ0) is 16.0. The Morgan fingerprint density at radius 1 is 1.04 bits per heavy atom. The molecule has 0 bridgehead atoms. The number of carbonyl (C=O) groups is 2. The van der Waals surface area contributed by atoms with E-state index in [0.29, 0.717) is 22.6 Å². The van der Waals surface area contributed by atoms with E-state index >= 15 is 0 Å². The van der Waals surface area contributed by atoms with E-state index in [0.717, 1.165) is 10.4 Å². The quantitative estimate of drug-likeness (QED) is 0.675. The van der Waals surface area contributed by atoms with Gasteiger partial charge >= 0.3 is 11.9 Å². The predicted molar refractivity (Wildman–Crippen MR) is 81.3 cm³/mol. The Balaban J connectivity index is 1.95. The largest absolute Gasteiger partial charge is 0.512 e. The number of H-pyrrole nitrogens is 1. The highest BCUT2D eigenvalue weighted by Gasteiger charge is 2.50. The molecule has 0 atom stereocenters. The van der Waals surface area contributed by atoms with Crippen LogP contribution in [0.2, 0.25) is 0 Å². The van der Waals surface area contributed by atoms with Crippen molar-refractivity contribution in [1.82, 2.24) is 0 Å². The fourth-order valence-corrected chi connectivity index (χ4v) is 2.82. The van der Waals surface area contributed by atoms with Gasteiger partial charge < -0.3 is 4.74 Å². The average molecular weight is 307 g/mol. The molecule has 1 aromatic heterocycles. The van der Waals surface area contributed by atoms with E-state index in [4.69, 9.17) is 4.74 Å². The molecule has 1 aliphatic rings. The second-order valence-corrected chi connectivity index (χ2v) is 5.12. The minimum Gasteiger partial charge on any atom is -0.492 e. The van der Waals surface area contributed by atoms with Gasteiger partial charge in [0.05, 0.1) is 7.11 Å². The zero-order valence-corrected chi connectivity index (χ0v) is 12.3. The lowest BCUT2D eigenvalue weighted by atomic mass is 10.2. The van der Waals surface area contributed by atoms with Gasteiger partial charge in [-0.25, -0.2) is 9.78 Å². The zero-order valence-electron chi connectivity index (χ0n) is 12.3. The standard InChI is InChI=1S/C17H12N3O3/c1-23-15-9-5-4-8-13(15)20-16(21)14-10-18-11-6-2-3-7-12(11)19(14)17(20)22/h2-10H,1H3/q+1/p+1. The summed E-state index contributed by atoms with van der Waals surface area (Å²) in [6, 6.07) is 13.9. The summed E-state index contributed by atoms with van der Waals surface area (Å²) in [4.78, 5) is 29.8. The minimum absolute atomic E-state index is 0.291. The molecule has 4 rings (SSSR count). The maximum Gasteiger partial charge on any atom is 0.512 e. The molecule has 0 saturated carbocycles. The van der Waals surface area contributed by atoms with Gasteiger partial charge in [-0.3, -0.25) is 0 Å². The summed E-state index contributed by atoms with van der Waals surface area (Å²) >= 11 is 0. The monoisotopic (exact) mass is 307 g/mol. The van der Waals surface area contributed by atoms with Crippen LogP contribution in [-0.4, -0.2) is 19.0 Å². The molecular formula is C17H13N3O3+2. The molecule has 0 aliphatic carbocycles. The number of anilines is 1. The van der Waals surface area contributed by atoms with Gasteiger partial charge in [-0.2, -0.15) is 4.79 Å². The van der Waals surface area contributed by atoms with Crippen LogP contribution in [0.5, 0.6) is 5.75 Å². The van der Waals surface area contributed by atoms with Crippen LogP contribution in [0.1, 0.15) is 10.5 Å². The molecule has 6 nitrogen and oxygen atoms in total. The van der Waals surface area contributed by atoms with E-state index in [1.54, 1.807) is 36.5 Å². The lowest BCUT2D eigenvalue weighted by Gasteiger charge is -2.08. The highest BCUT2D eigenvalue weighted by Crippen LogP contribution is 2.30. The number of aromatic amines is 1. The number of benzene rings is 2. The van der Waals surface area contributed by atoms with Crippen LogP contribution in [0, 0.1) is 0 Å². The molecule has 6 heteroatoms. The number of fused-ring (bicyclic) bond motifs is 3. The molecule has 2 heterocycles. The summed E-state index contributed by atoms with van der Waals surface area (Å²) in [5, 5.41) is 0. The maximum atomic E-state index is 12.9. The van der Waals surface area contributed by atoms with Gasteiger partial charge in [0.2, 0.25) is 11.7 Å². The number of hydrogen-bond donors (Lipinski definition) is 0. The minimum atomic E-state index is -0.417. The molecule has 1 aliphatic heterocycles. The lowest BCUT2D eigenvalue weighted by molar-refractivity contribution is -0.551. The van der Waals surface area contributed by atoms with Crippen molar-refractivity contribution in [3.05, 3.63) is 60.4 Å². The Kier molecular flexibility index (Phi) is 2.84. The summed E-state index contributed by atoms with van der Waals surface area (Å²) in [7, 11) is 1.51. The van der Waals surface area contributed by atoms with Gasteiger partial charge in [0.15, 0.2) is 11.4 Å². The number of carbonyl (C=O) groups excluding carboxylic acids is 2. The second kappa shape index (κ2) is 4.88. The third-order valence-corrected chi connectivity index (χ3v) is 3.88. The average Bonchev–Trinajstić information content (AvgIpc) is 2.86. The topological polar surface area (TPSA) is 64.6 Å². The van der Waals surface area contributed by atoms with Gasteiger partial charge in [0, 0.05) is 6.07 Å². The molecule has 1 N–H and O–H groups in total. The van der Waals surface area contributed by atoms with E-state index < -0.39 is 6.03 Å². The highest BCUT2D eigenvalue weighted by atomic mass is 16.5. The number of rotatable bonds is 2. The lowest BCUT2D eigenvalue weighted by Crippen LogP contribution is -2.47. The number of nitrogens with one attached hydrogen (secondary N) is 1. The molecule has 0 spiro atoms. The van der Waals surface area contributed by atoms with Crippen molar-refractivity contribution in [2.75, 3.05) is 12.0 Å². The second-order valence-electron chi connectivity index (χ2n) is 5.12. The molecular weight excluding hydrogens is 294 g/mol. The van der Waals surface area contributed by atoms with Gasteiger partial charge in [-0.1, -0.05) is 24.3 Å². The first-order valence-corrected chi connectivity index (χ1v) is 7.09. The van der Waals surface area contributed by atoms with E-state index in [-0.39, 0.29) is 5.91 Å². The van der Waals surface area contributed by atoms with Crippen molar-refractivity contribution >= 4 is 28.7 Å². The molecule has 0 fully saturated rings. The van der Waals surface area contributed by atoms with Crippen LogP contribution in [0.3, 0.4) is 0 Å². The van der Waals surface area contributed by atoms with Crippen molar-refractivity contribution in [2.24, 2.45) is 0 Å². The number of hydrogen-bond acceptors (Lipinski definition) is 3. The van der Waals surface area contributed by atoms with Gasteiger partial charge in [0.25, 0.3) is 11.2 Å². The number of amides is 2. The molecule has 23 heavy (non-hydrogen) atoms. The van der Waals surface area contributed by atoms with Crippen LogP contribution in [0.4, 0.5) is 10.5 Å². The molecule has 2 amide bonds. The Labute approximate surface area is 131 Å². The summed E-state index contributed by atoms with van der Waals surface area (Å²) < 4.78 is 6.69. The number of methoxy groups -OCH3 is 1. The fourth-order valence-electron chi connectivity index (χ4n) is 2.82. The number of para-hydroxylation sites is 4. The van der Waals surface area contributed by atoms with Crippen LogP contribution in [0.15, 0.2) is 54.7 Å². The molecule has 0 unspecified atom stereocenters. The number of nitrogens with zero attached hydrogens (tertiary/aromatic N) is 2. The van der Waals surface area contributed by atoms with Gasteiger partial charge in [-0.15, -0.1) is 9.47 Å². The first kappa shape index (κ1) is 13.4. The van der Waals surface area contributed by atoms with E-state index in [1.807, 2.05) is 18.2 Å². The predicted octanol–water partition coefficient (Wildman–Crippen LogP) is 1.58. The van der Waals surface area contributed by atoms with Crippen LogP contribution in [0.25, 0.3) is 11.0 Å². The molecule has 0 radical (unpaired) electrons. The SMILES string of the molecule is COc1ccccc1N1C(=O)c2c[nH+]c3ccccc3[n+]2C1=O. The van der Waals surface area contributed by atoms with Crippen molar-refractivity contribution in [2.45, 2.75) is 0 Å². The fraction of sp³-hybridized carbons (Fsp3) is 0.0588. The summed E-state index contributed by atoms with van der Waals surface area (Å²) in [5.41, 5.74) is 2.15. The van der Waals surface area contributed by atoms with Crippen molar-refractivity contribution in [3.8, 4) is 5.75 Å². The van der Waals surface area contributed by atoms with Crippen LogP contribution in [-0.2, 0) is 0 Å². The number of aromatic nitrogens is 2. The maximum absolute atomic E-state index is 12.9.